The highest BCUT2D eigenvalue weighted by Crippen LogP contribution is 2.37. The number of nitrogens with zero attached hydrogens (tertiary/aromatic N) is 2. The predicted molar refractivity (Wildman–Crippen MR) is 224 cm³/mol. The van der Waals surface area contributed by atoms with E-state index < -0.39 is 90.2 Å². The van der Waals surface area contributed by atoms with Gasteiger partial charge < -0.3 is 54.5 Å². The van der Waals surface area contributed by atoms with Crippen molar-refractivity contribution in [1.82, 2.24) is 9.80 Å². The Bertz CT molecular complexity index is 1740. The molecular weight excluding hydrogens is 805 g/mol. The van der Waals surface area contributed by atoms with Crippen LogP contribution in [0, 0.1) is 17.8 Å². The largest absolute Gasteiger partial charge is 0.456 e. The van der Waals surface area contributed by atoms with Crippen molar-refractivity contribution in [2.75, 3.05) is 39.6 Å². The number of benzene rings is 2. The van der Waals surface area contributed by atoms with Crippen molar-refractivity contribution in [1.29, 1.82) is 0 Å². The summed E-state index contributed by atoms with van der Waals surface area (Å²) >= 11 is 12.9. The molecule has 0 saturated carbocycles. The summed E-state index contributed by atoms with van der Waals surface area (Å²) in [5, 5.41) is 49.2. The lowest BCUT2D eigenvalue weighted by Crippen LogP contribution is -2.60. The molecule has 2 heterocycles. The third-order valence-electron chi connectivity index (χ3n) is 11.9. The van der Waals surface area contributed by atoms with Gasteiger partial charge in [-0.05, 0) is 98.3 Å². The molecule has 0 aromatic heterocycles. The van der Waals surface area contributed by atoms with E-state index in [4.69, 9.17) is 42.1 Å². The zero-order valence-corrected chi connectivity index (χ0v) is 37.2. The first-order chi connectivity index (χ1) is 27.5. The van der Waals surface area contributed by atoms with E-state index in [1.807, 2.05) is 38.9 Å². The molecule has 2 aliphatic rings. The van der Waals surface area contributed by atoms with Crippen LogP contribution in [0.4, 0.5) is 11.4 Å². The Hall–Kier alpha value is -2.89. The molecule has 59 heavy (non-hydrogen) atoms. The van der Waals surface area contributed by atoms with E-state index in [9.17, 15) is 34.8 Å². The second kappa shape index (κ2) is 20.3. The highest BCUT2D eigenvalue weighted by molar-refractivity contribution is 6.39. The number of anilines is 2. The standard InChI is InChI=1S/C43H63Cl2N3O11/c1-23-20-42(6,54)39(25(3)36(51)26(4)40(53)57-33(22-49)43(7,55)38(52)27(5)48(10)21-23)59-41-37(32(47(8)9)18-24(2)56-41)58-34(50)19-28-14-11-12-17-31(28)46-35-29(44)15-13-16-30(35)45/h11-17,23-27,32-33,37-39,41,46,49,52,54-55H,18-22H2,1-10H3/t23-,24-,25+,26-,27-,32+,33-,37-,38-,39-,41-,42-,43-/m1/s1. The molecule has 0 radical (unpaired) electrons. The number of carbonyl (C=O) groups excluding carboxylic acids is 3. The Morgan fingerprint density at radius 1 is 1.02 bits per heavy atom. The highest BCUT2D eigenvalue weighted by atomic mass is 35.5. The third kappa shape index (κ3) is 11.7. The molecule has 2 fully saturated rings. The Labute approximate surface area is 358 Å². The molecule has 16 heteroatoms. The minimum absolute atomic E-state index is 0.0972. The number of hydrogen-bond donors (Lipinski definition) is 5. The molecule has 2 saturated heterocycles. The van der Waals surface area contributed by atoms with Gasteiger partial charge in [0.1, 0.15) is 17.6 Å². The van der Waals surface area contributed by atoms with Crippen LogP contribution in [0.5, 0.6) is 0 Å². The van der Waals surface area contributed by atoms with Crippen LogP contribution in [0.3, 0.4) is 0 Å². The van der Waals surface area contributed by atoms with Crippen LogP contribution >= 0.6 is 23.2 Å². The van der Waals surface area contributed by atoms with Gasteiger partial charge in [-0.3, -0.25) is 14.4 Å². The first-order valence-electron chi connectivity index (χ1n) is 20.1. The van der Waals surface area contributed by atoms with Gasteiger partial charge >= 0.3 is 11.9 Å². The summed E-state index contributed by atoms with van der Waals surface area (Å²) in [4.78, 5) is 45.4. The molecule has 4 rings (SSSR count). The third-order valence-corrected chi connectivity index (χ3v) is 12.5. The molecule has 13 atom stereocenters. The Morgan fingerprint density at radius 2 is 1.64 bits per heavy atom. The summed E-state index contributed by atoms with van der Waals surface area (Å²) < 4.78 is 24.8. The lowest BCUT2D eigenvalue weighted by Gasteiger charge is -2.46. The number of ketones is 1. The molecule has 330 valence electrons. The van der Waals surface area contributed by atoms with Gasteiger partial charge in [0.15, 0.2) is 24.3 Å². The fourth-order valence-corrected chi connectivity index (χ4v) is 8.81. The molecule has 2 aromatic rings. The highest BCUT2D eigenvalue weighted by Gasteiger charge is 2.51. The summed E-state index contributed by atoms with van der Waals surface area (Å²) in [6.45, 7) is 10.6. The fraction of sp³-hybridized carbons (Fsp3) is 0.651. The summed E-state index contributed by atoms with van der Waals surface area (Å²) in [6.07, 6.45) is -6.59. The van der Waals surface area contributed by atoms with E-state index >= 15 is 0 Å². The van der Waals surface area contributed by atoms with Gasteiger partial charge in [-0.25, -0.2) is 0 Å². The maximum atomic E-state index is 14.2. The zero-order valence-electron chi connectivity index (χ0n) is 35.7. The fourth-order valence-electron chi connectivity index (χ4n) is 8.32. The average molecular weight is 869 g/mol. The number of aliphatic hydroxyl groups is 4. The van der Waals surface area contributed by atoms with Crippen LogP contribution < -0.4 is 5.32 Å². The van der Waals surface area contributed by atoms with Crippen molar-refractivity contribution >= 4 is 52.3 Å². The summed E-state index contributed by atoms with van der Waals surface area (Å²) in [5.41, 5.74) is -2.13. The summed E-state index contributed by atoms with van der Waals surface area (Å²) in [6, 6.07) is 11.2. The van der Waals surface area contributed by atoms with Crippen molar-refractivity contribution in [2.45, 2.75) is 128 Å². The van der Waals surface area contributed by atoms with Crippen molar-refractivity contribution in [3.05, 3.63) is 58.1 Å². The predicted octanol–water partition coefficient (Wildman–Crippen LogP) is 4.61. The summed E-state index contributed by atoms with van der Waals surface area (Å²) in [7, 11) is 5.44. The number of esters is 2. The van der Waals surface area contributed by atoms with Crippen molar-refractivity contribution in [3.63, 3.8) is 0 Å². The van der Waals surface area contributed by atoms with Crippen LogP contribution in [0.1, 0.15) is 66.9 Å². The number of nitrogens with one attached hydrogen (secondary N) is 1. The van der Waals surface area contributed by atoms with Gasteiger partial charge in [-0.1, -0.05) is 61.3 Å². The van der Waals surface area contributed by atoms with E-state index in [2.05, 4.69) is 5.32 Å². The lowest BCUT2D eigenvalue weighted by atomic mass is 9.78. The van der Waals surface area contributed by atoms with Crippen LogP contribution in [0.2, 0.25) is 10.0 Å². The number of carbonyl (C=O) groups is 3. The van der Waals surface area contributed by atoms with Crippen LogP contribution in [-0.4, -0.2) is 142 Å². The van der Waals surface area contributed by atoms with E-state index in [0.717, 1.165) is 0 Å². The van der Waals surface area contributed by atoms with Crippen molar-refractivity contribution < 1.29 is 53.8 Å². The maximum Gasteiger partial charge on any atom is 0.316 e. The molecule has 0 bridgehead atoms. The first kappa shape index (κ1) is 48.8. The van der Waals surface area contributed by atoms with Gasteiger partial charge in [0.05, 0.1) is 52.6 Å². The van der Waals surface area contributed by atoms with E-state index in [1.165, 1.54) is 20.8 Å². The number of halogens is 2. The van der Waals surface area contributed by atoms with Crippen molar-refractivity contribution in [3.8, 4) is 0 Å². The Kier molecular flexibility index (Phi) is 16.8. The normalized spacial score (nSPS) is 35.7. The minimum Gasteiger partial charge on any atom is -0.456 e. The first-order valence-corrected chi connectivity index (χ1v) is 20.9. The Balaban J connectivity index is 1.69. The minimum atomic E-state index is -2.08. The van der Waals surface area contributed by atoms with Crippen molar-refractivity contribution in [2.24, 2.45) is 17.8 Å². The van der Waals surface area contributed by atoms with Gasteiger partial charge in [-0.2, -0.15) is 0 Å². The number of likely N-dealkylation sites (N-methyl/N-ethyl adjacent to an activating group) is 2. The number of cyclic esters (lactones) is 1. The molecule has 2 aliphatic heterocycles. The zero-order chi connectivity index (χ0) is 44.1. The monoisotopic (exact) mass is 867 g/mol. The van der Waals surface area contributed by atoms with Gasteiger partial charge in [-0.15, -0.1) is 0 Å². The van der Waals surface area contributed by atoms with E-state index in [0.29, 0.717) is 39.9 Å². The molecule has 0 unspecified atom stereocenters. The second-order valence-corrected chi connectivity index (χ2v) is 18.0. The number of Topliss-reactive ketones (excluding diaryl/α,β-unsaturated/α-hetero) is 1. The van der Waals surface area contributed by atoms with Crippen LogP contribution in [-0.2, 0) is 39.8 Å². The lowest BCUT2D eigenvalue weighted by molar-refractivity contribution is -0.296. The molecular formula is C43H63Cl2N3O11. The number of hydrogen-bond acceptors (Lipinski definition) is 14. The summed E-state index contributed by atoms with van der Waals surface area (Å²) in [5.74, 6) is -5.12. The van der Waals surface area contributed by atoms with Crippen LogP contribution in [0.15, 0.2) is 42.5 Å². The molecule has 14 nitrogen and oxygen atoms in total. The average Bonchev–Trinajstić information content (AvgIpc) is 3.16. The molecule has 2 aromatic carbocycles. The second-order valence-electron chi connectivity index (χ2n) is 17.2. The van der Waals surface area contributed by atoms with Gasteiger partial charge in [0.25, 0.3) is 0 Å². The quantitative estimate of drug-likeness (QED) is 0.174. The maximum absolute atomic E-state index is 14.2. The SMILES string of the molecule is C[C@H]1CN(C)[C@H](C)[C@@H](O)[C@](C)(O)[C@@H](CO)OC(=O)[C@H](C)C(=O)[C@H](C)[C@@H](O[C@H]2O[C@H](C)C[C@H](N(C)C)[C@H]2OC(=O)Cc2ccccc2Nc2c(Cl)cccc2Cl)[C@](C)(O)C1. The molecule has 5 N–H and O–H groups in total. The van der Waals surface area contributed by atoms with E-state index in [-0.39, 0.29) is 24.9 Å². The number of ether oxygens (including phenoxy) is 4. The van der Waals surface area contributed by atoms with Gasteiger partial charge in [0.2, 0.25) is 0 Å². The van der Waals surface area contributed by atoms with E-state index in [1.54, 1.807) is 62.2 Å². The van der Waals surface area contributed by atoms with Gasteiger partial charge in [0, 0.05) is 24.2 Å². The molecule has 0 aliphatic carbocycles. The topological polar surface area (TPSA) is 188 Å². The number of aliphatic hydroxyl groups excluding tert-OH is 2. The molecule has 0 spiro atoms. The van der Waals surface area contributed by atoms with Crippen LogP contribution in [0.25, 0.3) is 0 Å². The number of para-hydroxylation sites is 2. The smallest absolute Gasteiger partial charge is 0.316 e. The molecule has 0 amide bonds. The Morgan fingerprint density at radius 3 is 2.25 bits per heavy atom. The number of rotatable bonds is 9.